The first-order valence-corrected chi connectivity index (χ1v) is 9.94. The van der Waals surface area contributed by atoms with E-state index in [1.807, 2.05) is 45.0 Å². The fourth-order valence-corrected chi connectivity index (χ4v) is 4.35. The van der Waals surface area contributed by atoms with E-state index in [0.29, 0.717) is 5.02 Å². The Kier molecular flexibility index (Phi) is 5.61. The molecule has 0 bridgehead atoms. The number of fused-ring (bicyclic) bond motifs is 1. The highest BCUT2D eigenvalue weighted by Gasteiger charge is 2.21. The van der Waals surface area contributed by atoms with Gasteiger partial charge in [-0.15, -0.1) is 11.3 Å². The third-order valence-corrected chi connectivity index (χ3v) is 5.68. The first kappa shape index (κ1) is 18.2. The lowest BCUT2D eigenvalue weighted by Gasteiger charge is -2.13. The van der Waals surface area contributed by atoms with Crippen LogP contribution in [0.1, 0.15) is 20.8 Å². The number of carbonyl (C=O) groups excluding carboxylic acids is 1. The number of thioether (sulfide) groups is 1. The Hall–Kier alpha value is -1.63. The van der Waals surface area contributed by atoms with Crippen LogP contribution in [0.25, 0.3) is 21.3 Å². The van der Waals surface area contributed by atoms with Gasteiger partial charge in [0.25, 0.3) is 0 Å². The maximum Gasteiger partial charge on any atom is 0.319 e. The third-order valence-electron chi connectivity index (χ3n) is 3.46. The lowest BCUT2D eigenvalue weighted by atomic mass is 10.1. The fraction of sp³-hybridized carbons (Fsp3) is 0.278. The molecule has 3 rings (SSSR count). The SMILES string of the molecule is CC(C)OC(=O)[C@@H](C)Sc1ncnc2scc(-c3ccc(Cl)cc3)c12. The molecule has 0 saturated carbocycles. The summed E-state index contributed by atoms with van der Waals surface area (Å²) < 4.78 is 5.29. The van der Waals surface area contributed by atoms with Crippen LogP contribution >= 0.6 is 34.7 Å². The minimum Gasteiger partial charge on any atom is -0.462 e. The number of hydrogen-bond acceptors (Lipinski definition) is 6. The summed E-state index contributed by atoms with van der Waals surface area (Å²) in [5.74, 6) is -0.241. The van der Waals surface area contributed by atoms with Gasteiger partial charge in [0.05, 0.1) is 11.5 Å². The molecule has 0 aliphatic rings. The van der Waals surface area contributed by atoms with E-state index < -0.39 is 0 Å². The van der Waals surface area contributed by atoms with Crippen LogP contribution in [0.3, 0.4) is 0 Å². The number of aromatic nitrogens is 2. The van der Waals surface area contributed by atoms with Crippen molar-refractivity contribution in [1.82, 2.24) is 9.97 Å². The van der Waals surface area contributed by atoms with Gasteiger partial charge in [0, 0.05) is 16.0 Å². The van der Waals surface area contributed by atoms with Gasteiger partial charge in [-0.25, -0.2) is 9.97 Å². The van der Waals surface area contributed by atoms with E-state index in [0.717, 1.165) is 26.4 Å². The van der Waals surface area contributed by atoms with Crippen molar-refractivity contribution < 1.29 is 9.53 Å². The van der Waals surface area contributed by atoms with Gasteiger partial charge >= 0.3 is 5.97 Å². The summed E-state index contributed by atoms with van der Waals surface area (Å²) in [4.78, 5) is 21.8. The summed E-state index contributed by atoms with van der Waals surface area (Å²) in [5, 5.41) is 4.15. The van der Waals surface area contributed by atoms with E-state index >= 15 is 0 Å². The van der Waals surface area contributed by atoms with E-state index in [-0.39, 0.29) is 17.3 Å². The molecule has 1 atom stereocenters. The molecular weight excluding hydrogens is 376 g/mol. The Bertz CT molecular complexity index is 894. The summed E-state index contributed by atoms with van der Waals surface area (Å²) >= 11 is 8.94. The monoisotopic (exact) mass is 392 g/mol. The van der Waals surface area contributed by atoms with Crippen LogP contribution in [0.2, 0.25) is 5.02 Å². The highest BCUT2D eigenvalue weighted by molar-refractivity contribution is 8.00. The topological polar surface area (TPSA) is 52.1 Å². The molecule has 0 amide bonds. The van der Waals surface area contributed by atoms with Gasteiger partial charge < -0.3 is 4.74 Å². The number of carbonyl (C=O) groups is 1. The third kappa shape index (κ3) is 4.14. The molecule has 1 aromatic carbocycles. The largest absolute Gasteiger partial charge is 0.462 e. The predicted molar refractivity (Wildman–Crippen MR) is 104 cm³/mol. The Balaban J connectivity index is 1.97. The van der Waals surface area contributed by atoms with Crippen LogP contribution in [-0.4, -0.2) is 27.3 Å². The van der Waals surface area contributed by atoms with Crippen molar-refractivity contribution >= 4 is 50.9 Å². The first-order valence-electron chi connectivity index (χ1n) is 7.81. The lowest BCUT2D eigenvalue weighted by molar-refractivity contribution is -0.146. The van der Waals surface area contributed by atoms with Gasteiger partial charge in [-0.2, -0.15) is 0 Å². The zero-order valence-corrected chi connectivity index (χ0v) is 16.4. The zero-order valence-electron chi connectivity index (χ0n) is 14.0. The summed E-state index contributed by atoms with van der Waals surface area (Å²) in [6, 6.07) is 7.67. The summed E-state index contributed by atoms with van der Waals surface area (Å²) in [5.41, 5.74) is 2.09. The standard InChI is InChI=1S/C18H17ClN2O2S2/c1-10(2)23-18(22)11(3)25-17-15-14(8-24-16(15)20-9-21-17)12-4-6-13(19)7-5-12/h4-11H,1-3H3/t11-/m1/s1. The van der Waals surface area contributed by atoms with Crippen LogP contribution in [0, 0.1) is 0 Å². The molecule has 0 radical (unpaired) electrons. The van der Waals surface area contributed by atoms with Crippen molar-refractivity contribution in [3.05, 3.63) is 41.0 Å². The molecule has 130 valence electrons. The van der Waals surface area contributed by atoms with Crippen molar-refractivity contribution in [3.63, 3.8) is 0 Å². The Morgan fingerprint density at radius 2 is 1.92 bits per heavy atom. The predicted octanol–water partition coefficient (Wildman–Crippen LogP) is 5.44. The second-order valence-electron chi connectivity index (χ2n) is 5.76. The Morgan fingerprint density at radius 3 is 2.60 bits per heavy atom. The van der Waals surface area contributed by atoms with Gasteiger partial charge in [0.15, 0.2) is 0 Å². The molecule has 0 aliphatic carbocycles. The molecule has 0 aliphatic heterocycles. The Labute approximate surface area is 159 Å². The minimum atomic E-state index is -0.349. The second kappa shape index (κ2) is 7.72. The van der Waals surface area contributed by atoms with Crippen molar-refractivity contribution in [2.75, 3.05) is 0 Å². The molecule has 0 fully saturated rings. The summed E-state index contributed by atoms with van der Waals surface area (Å²) in [7, 11) is 0. The number of rotatable bonds is 5. The minimum absolute atomic E-state index is 0.133. The van der Waals surface area contributed by atoms with E-state index in [2.05, 4.69) is 15.3 Å². The molecule has 7 heteroatoms. The number of thiophene rings is 1. The molecule has 4 nitrogen and oxygen atoms in total. The quantitative estimate of drug-likeness (QED) is 0.328. The molecule has 25 heavy (non-hydrogen) atoms. The zero-order chi connectivity index (χ0) is 18.0. The van der Waals surface area contributed by atoms with Gasteiger partial charge in [-0.05, 0) is 38.5 Å². The molecule has 2 heterocycles. The van der Waals surface area contributed by atoms with Gasteiger partial charge in [0.2, 0.25) is 0 Å². The maximum absolute atomic E-state index is 12.1. The van der Waals surface area contributed by atoms with E-state index in [1.54, 1.807) is 11.3 Å². The van der Waals surface area contributed by atoms with Crippen LogP contribution in [-0.2, 0) is 9.53 Å². The highest BCUT2D eigenvalue weighted by Crippen LogP contribution is 2.39. The average Bonchev–Trinajstić information content (AvgIpc) is 3.00. The highest BCUT2D eigenvalue weighted by atomic mass is 35.5. The lowest BCUT2D eigenvalue weighted by Crippen LogP contribution is -2.20. The van der Waals surface area contributed by atoms with Crippen molar-refractivity contribution in [2.45, 2.75) is 37.2 Å². The number of halogens is 1. The molecule has 0 N–H and O–H groups in total. The summed E-state index contributed by atoms with van der Waals surface area (Å²) in [6.45, 7) is 5.52. The fourth-order valence-electron chi connectivity index (χ4n) is 2.32. The van der Waals surface area contributed by atoms with Crippen molar-refractivity contribution in [2.24, 2.45) is 0 Å². The number of benzene rings is 1. The van der Waals surface area contributed by atoms with Crippen LogP contribution in [0.4, 0.5) is 0 Å². The normalized spacial score (nSPS) is 12.5. The second-order valence-corrected chi connectivity index (χ2v) is 8.39. The Morgan fingerprint density at radius 1 is 1.20 bits per heavy atom. The molecule has 0 saturated heterocycles. The number of nitrogens with zero attached hydrogens (tertiary/aromatic N) is 2. The average molecular weight is 393 g/mol. The van der Waals surface area contributed by atoms with Gasteiger partial charge in [-0.3, -0.25) is 4.79 Å². The molecule has 2 aromatic heterocycles. The van der Waals surface area contributed by atoms with Crippen LogP contribution in [0.5, 0.6) is 0 Å². The van der Waals surface area contributed by atoms with E-state index in [9.17, 15) is 4.79 Å². The molecular formula is C18H17ClN2O2S2. The van der Waals surface area contributed by atoms with Crippen molar-refractivity contribution in [1.29, 1.82) is 0 Å². The number of esters is 1. The summed E-state index contributed by atoms with van der Waals surface area (Å²) in [6.07, 6.45) is 1.40. The number of ether oxygens (including phenoxy) is 1. The van der Waals surface area contributed by atoms with E-state index in [4.69, 9.17) is 16.3 Å². The smallest absolute Gasteiger partial charge is 0.319 e. The van der Waals surface area contributed by atoms with Crippen LogP contribution < -0.4 is 0 Å². The van der Waals surface area contributed by atoms with Gasteiger partial charge in [-0.1, -0.05) is 35.5 Å². The molecule has 3 aromatic rings. The first-order chi connectivity index (χ1) is 12.0. The molecule has 0 unspecified atom stereocenters. The number of hydrogen-bond donors (Lipinski definition) is 0. The van der Waals surface area contributed by atoms with Crippen molar-refractivity contribution in [3.8, 4) is 11.1 Å². The molecule has 0 spiro atoms. The van der Waals surface area contributed by atoms with Gasteiger partial charge in [0.1, 0.15) is 21.4 Å². The maximum atomic E-state index is 12.1. The van der Waals surface area contributed by atoms with E-state index in [1.165, 1.54) is 18.1 Å². The van der Waals surface area contributed by atoms with Crippen LogP contribution in [0.15, 0.2) is 41.0 Å².